The second-order valence-corrected chi connectivity index (χ2v) is 11.0. The summed E-state index contributed by atoms with van der Waals surface area (Å²) in [4.78, 5) is 16.7. The second kappa shape index (κ2) is 7.13. The normalized spacial score (nSPS) is 20.1. The Morgan fingerprint density at radius 1 is 1.38 bits per heavy atom. The van der Waals surface area contributed by atoms with Gasteiger partial charge in [0.25, 0.3) is 0 Å². The van der Waals surface area contributed by atoms with E-state index in [-0.39, 0.29) is 4.21 Å². The molecule has 2 atom stereocenters. The van der Waals surface area contributed by atoms with Gasteiger partial charge in [-0.2, -0.15) is 0 Å². The van der Waals surface area contributed by atoms with Crippen LogP contribution in [0.1, 0.15) is 60.1 Å². The quantitative estimate of drug-likeness (QED) is 0.586. The van der Waals surface area contributed by atoms with E-state index < -0.39 is 27.7 Å². The van der Waals surface area contributed by atoms with E-state index in [0.717, 1.165) is 52.9 Å². The molecule has 0 saturated carbocycles. The molecule has 0 aliphatic heterocycles. The number of anilines is 1. The summed E-state index contributed by atoms with van der Waals surface area (Å²) in [5.74, 6) is 0. The average Bonchev–Trinajstić information content (AvgIpc) is 3.33. The lowest BCUT2D eigenvalue weighted by Gasteiger charge is -2.15. The zero-order valence-electron chi connectivity index (χ0n) is 16.3. The monoisotopic (exact) mass is 436 g/mol. The molecule has 2 amide bonds. The number of carbonyl (C=O) groups is 1. The van der Waals surface area contributed by atoms with Crippen LogP contribution < -0.4 is 10.5 Å². The van der Waals surface area contributed by atoms with Gasteiger partial charge in [0.1, 0.15) is 14.8 Å². The van der Waals surface area contributed by atoms with E-state index in [1.165, 1.54) is 6.20 Å². The van der Waals surface area contributed by atoms with Crippen molar-refractivity contribution in [2.75, 3.05) is 5.32 Å². The maximum Gasteiger partial charge on any atom is 0.354 e. The van der Waals surface area contributed by atoms with Crippen molar-refractivity contribution < 1.29 is 19.2 Å². The van der Waals surface area contributed by atoms with Crippen LogP contribution in [0.15, 0.2) is 20.8 Å². The summed E-state index contributed by atoms with van der Waals surface area (Å²) in [5.41, 5.74) is 3.45. The van der Waals surface area contributed by atoms with E-state index >= 15 is 0 Å². The summed E-state index contributed by atoms with van der Waals surface area (Å²) >= 11 is 0.967. The largest absolute Gasteiger partial charge is 0.388 e. The molecule has 0 radical (unpaired) electrons. The van der Waals surface area contributed by atoms with Crippen LogP contribution in [0.3, 0.4) is 0 Å². The fourth-order valence-corrected chi connectivity index (χ4v) is 6.01. The molecule has 1 heterocycles. The van der Waals surface area contributed by atoms with Crippen molar-refractivity contribution in [3.05, 3.63) is 39.5 Å². The lowest BCUT2D eigenvalue weighted by atomic mass is 9.98. The van der Waals surface area contributed by atoms with Gasteiger partial charge in [-0.3, -0.25) is 0 Å². The molecular formula is C19H24N4O4S2. The third-order valence-electron chi connectivity index (χ3n) is 5.32. The number of benzene rings is 1. The van der Waals surface area contributed by atoms with Crippen LogP contribution in [0.25, 0.3) is 0 Å². The summed E-state index contributed by atoms with van der Waals surface area (Å²) in [5, 5.41) is 29.2. The molecular weight excluding hydrogens is 412 g/mol. The Hall–Kier alpha value is -1.85. The minimum absolute atomic E-state index is 0.128. The maximum atomic E-state index is 12.8. The first-order valence-electron chi connectivity index (χ1n) is 9.46. The Labute approximate surface area is 173 Å². The number of nitrogens with one attached hydrogen (secondary N) is 1. The number of aliphatic hydroxyl groups excluding tert-OH is 1. The minimum Gasteiger partial charge on any atom is -0.388 e. The molecule has 1 unspecified atom stereocenters. The number of aromatic nitrogens is 1. The van der Waals surface area contributed by atoms with Crippen LogP contribution in [-0.2, 0) is 34.8 Å². The zero-order valence-corrected chi connectivity index (χ0v) is 17.9. The minimum atomic E-state index is -3.50. The van der Waals surface area contributed by atoms with E-state index in [1.54, 1.807) is 13.8 Å². The molecule has 1 aromatic heterocycles. The van der Waals surface area contributed by atoms with Crippen LogP contribution in [0, 0.1) is 0 Å². The van der Waals surface area contributed by atoms with E-state index in [0.29, 0.717) is 23.5 Å². The summed E-state index contributed by atoms with van der Waals surface area (Å²) in [6.45, 7) is 3.12. The number of fused-ring (bicyclic) bond motifs is 2. The van der Waals surface area contributed by atoms with Crippen LogP contribution >= 0.6 is 11.3 Å². The van der Waals surface area contributed by atoms with Gasteiger partial charge in [-0.15, -0.1) is 15.7 Å². The van der Waals surface area contributed by atoms with Gasteiger partial charge >= 0.3 is 6.03 Å². The topological polar surface area (TPSA) is 138 Å². The molecule has 0 spiro atoms. The van der Waals surface area contributed by atoms with Crippen LogP contribution in [0.2, 0.25) is 0 Å². The number of amides is 2. The SMILES string of the molecule is CC(C)(O)c1ncc([S@](N)(=O)=NC(=O)Nc2c3c(cc4c2CCC4O)CCC3)s1. The second-order valence-electron chi connectivity index (χ2n) is 8.00. The van der Waals surface area contributed by atoms with Gasteiger partial charge in [-0.05, 0) is 68.2 Å². The molecule has 0 fully saturated rings. The third kappa shape index (κ3) is 3.82. The summed E-state index contributed by atoms with van der Waals surface area (Å²) in [6.07, 6.45) is 4.78. The van der Waals surface area contributed by atoms with Crippen molar-refractivity contribution in [1.82, 2.24) is 4.98 Å². The fraction of sp³-hybridized carbons (Fsp3) is 0.474. The smallest absolute Gasteiger partial charge is 0.354 e. The highest BCUT2D eigenvalue weighted by atomic mass is 32.2. The number of nitrogens with two attached hydrogens (primary N) is 1. The van der Waals surface area contributed by atoms with Crippen LogP contribution in [0.5, 0.6) is 0 Å². The molecule has 156 valence electrons. The van der Waals surface area contributed by atoms with E-state index in [2.05, 4.69) is 14.7 Å². The molecule has 1 aromatic carbocycles. The first-order valence-corrected chi connectivity index (χ1v) is 11.9. The first-order chi connectivity index (χ1) is 13.6. The van der Waals surface area contributed by atoms with Gasteiger partial charge in [0.15, 0.2) is 9.92 Å². The molecule has 2 aromatic rings. The molecule has 29 heavy (non-hydrogen) atoms. The number of hydrogen-bond acceptors (Lipinski definition) is 6. The molecule has 10 heteroatoms. The van der Waals surface area contributed by atoms with Gasteiger partial charge in [0.05, 0.1) is 12.3 Å². The number of thiazole rings is 1. The van der Waals surface area contributed by atoms with E-state index in [1.807, 2.05) is 6.07 Å². The van der Waals surface area contributed by atoms with Crippen LogP contribution in [0.4, 0.5) is 10.5 Å². The highest BCUT2D eigenvalue weighted by Crippen LogP contribution is 2.42. The molecule has 8 nitrogen and oxygen atoms in total. The average molecular weight is 437 g/mol. The number of rotatable bonds is 3. The highest BCUT2D eigenvalue weighted by molar-refractivity contribution is 7.93. The van der Waals surface area contributed by atoms with Crippen molar-refractivity contribution in [3.8, 4) is 0 Å². The van der Waals surface area contributed by atoms with E-state index in [4.69, 9.17) is 5.14 Å². The molecule has 0 saturated heterocycles. The van der Waals surface area contributed by atoms with Gasteiger partial charge in [0.2, 0.25) is 0 Å². The Bertz CT molecular complexity index is 1110. The maximum absolute atomic E-state index is 12.8. The molecule has 5 N–H and O–H groups in total. The predicted octanol–water partition coefficient (Wildman–Crippen LogP) is 2.77. The first kappa shape index (κ1) is 20.4. The number of aryl methyl sites for hydroxylation is 1. The molecule has 0 bridgehead atoms. The van der Waals surface area contributed by atoms with Crippen molar-refractivity contribution in [1.29, 1.82) is 0 Å². The Kier molecular flexibility index (Phi) is 5.02. The Morgan fingerprint density at radius 2 is 2.14 bits per heavy atom. The fourth-order valence-electron chi connectivity index (χ4n) is 3.94. The van der Waals surface area contributed by atoms with Gasteiger partial charge < -0.3 is 15.5 Å². The lowest BCUT2D eigenvalue weighted by molar-refractivity contribution is 0.0783. The molecule has 4 rings (SSSR count). The number of nitrogens with zero attached hydrogens (tertiary/aromatic N) is 2. The molecule has 2 aliphatic rings. The van der Waals surface area contributed by atoms with Crippen molar-refractivity contribution in [2.24, 2.45) is 9.50 Å². The van der Waals surface area contributed by atoms with Crippen molar-refractivity contribution in [2.45, 2.75) is 61.9 Å². The molecule has 2 aliphatic carbocycles. The highest BCUT2D eigenvalue weighted by Gasteiger charge is 2.29. The summed E-state index contributed by atoms with van der Waals surface area (Å²) in [6, 6.07) is 1.25. The van der Waals surface area contributed by atoms with Gasteiger partial charge in [0, 0.05) is 5.69 Å². The van der Waals surface area contributed by atoms with Crippen LogP contribution in [-0.4, -0.2) is 25.4 Å². The standard InChI is InChI=1S/C19H24N4O4S2/c1-19(2,26)17-21-9-15(28-17)29(20,27)23-18(25)22-16-11-5-3-4-10(11)8-13-12(16)6-7-14(13)24/h8-9,14,24,26H,3-7H2,1-2H3,(H3,20,22,23,25,27)/t14?,29-/m1/s1. The van der Waals surface area contributed by atoms with Gasteiger partial charge in [-0.1, -0.05) is 6.07 Å². The zero-order chi connectivity index (χ0) is 21.0. The lowest BCUT2D eigenvalue weighted by Crippen LogP contribution is -2.18. The summed E-state index contributed by atoms with van der Waals surface area (Å²) < 4.78 is 16.7. The van der Waals surface area contributed by atoms with Crippen molar-refractivity contribution in [3.63, 3.8) is 0 Å². The summed E-state index contributed by atoms with van der Waals surface area (Å²) in [7, 11) is -3.50. The Balaban J connectivity index is 1.66. The Morgan fingerprint density at radius 3 is 2.83 bits per heavy atom. The van der Waals surface area contributed by atoms with Crippen molar-refractivity contribution >= 4 is 33.0 Å². The number of carbonyl (C=O) groups excluding carboxylic acids is 1. The van der Waals surface area contributed by atoms with Gasteiger partial charge in [-0.25, -0.2) is 19.1 Å². The number of aliphatic hydroxyl groups is 2. The third-order valence-corrected chi connectivity index (χ3v) is 8.51. The van der Waals surface area contributed by atoms with E-state index in [9.17, 15) is 19.2 Å². The number of hydrogen-bond donors (Lipinski definition) is 4. The predicted molar refractivity (Wildman–Crippen MR) is 111 cm³/mol. The number of urea groups is 1.